The highest BCUT2D eigenvalue weighted by Crippen LogP contribution is 2.33. The molecule has 2 heterocycles. The first-order valence-corrected chi connectivity index (χ1v) is 12.6. The van der Waals surface area contributed by atoms with E-state index in [0.717, 1.165) is 36.2 Å². The third-order valence-corrected chi connectivity index (χ3v) is 6.71. The van der Waals surface area contributed by atoms with Gasteiger partial charge in [0.2, 0.25) is 5.91 Å². The number of hydrogen-bond acceptors (Lipinski definition) is 5. The second-order valence-corrected chi connectivity index (χ2v) is 9.99. The van der Waals surface area contributed by atoms with Gasteiger partial charge in [-0.05, 0) is 44.2 Å². The Bertz CT molecular complexity index is 987. The Balaban J connectivity index is 1.93. The molecule has 0 spiro atoms. The van der Waals surface area contributed by atoms with Crippen molar-refractivity contribution < 1.29 is 19.1 Å². The van der Waals surface area contributed by atoms with Crippen molar-refractivity contribution in [1.29, 1.82) is 0 Å². The molecule has 35 heavy (non-hydrogen) atoms. The summed E-state index contributed by atoms with van der Waals surface area (Å²) in [7, 11) is 1.69. The van der Waals surface area contributed by atoms with E-state index in [2.05, 4.69) is 30.1 Å². The van der Waals surface area contributed by atoms with Gasteiger partial charge in [0.05, 0.1) is 18.2 Å². The van der Waals surface area contributed by atoms with Crippen molar-refractivity contribution in [2.45, 2.75) is 53.5 Å². The molecule has 0 aromatic heterocycles. The summed E-state index contributed by atoms with van der Waals surface area (Å²) in [6.45, 7) is 13.4. The van der Waals surface area contributed by atoms with E-state index < -0.39 is 12.0 Å². The molecule has 8 nitrogen and oxygen atoms in total. The third-order valence-electron chi connectivity index (χ3n) is 6.71. The average Bonchev–Trinajstić information content (AvgIpc) is 3.02. The zero-order chi connectivity index (χ0) is 25.7. The van der Waals surface area contributed by atoms with Gasteiger partial charge in [-0.15, -0.1) is 0 Å². The monoisotopic (exact) mass is 484 g/mol. The van der Waals surface area contributed by atoms with Crippen LogP contribution in [0.4, 0.5) is 4.79 Å². The van der Waals surface area contributed by atoms with Gasteiger partial charge in [0, 0.05) is 51.9 Å². The molecule has 1 saturated heterocycles. The lowest BCUT2D eigenvalue weighted by Gasteiger charge is -2.37. The van der Waals surface area contributed by atoms with Crippen molar-refractivity contribution in [2.24, 2.45) is 5.92 Å². The fraction of sp³-hybridized carbons (Fsp3) is 0.593. The average molecular weight is 485 g/mol. The van der Waals surface area contributed by atoms with Crippen LogP contribution in [0.1, 0.15) is 56.3 Å². The molecule has 0 bridgehead atoms. The molecular formula is C27H40N4O4. The van der Waals surface area contributed by atoms with E-state index in [-0.39, 0.29) is 18.5 Å². The maximum Gasteiger partial charge on any atom is 0.338 e. The fourth-order valence-electron chi connectivity index (χ4n) is 4.85. The second kappa shape index (κ2) is 11.7. The predicted octanol–water partition coefficient (Wildman–Crippen LogP) is 3.40. The summed E-state index contributed by atoms with van der Waals surface area (Å²) in [5.74, 6) is 0.107. The highest BCUT2D eigenvalue weighted by Gasteiger charge is 2.38. The quantitative estimate of drug-likeness (QED) is 0.600. The van der Waals surface area contributed by atoms with Crippen molar-refractivity contribution >= 4 is 17.9 Å². The minimum Gasteiger partial charge on any atom is -0.463 e. The first kappa shape index (κ1) is 26.7. The molecule has 2 aliphatic heterocycles. The van der Waals surface area contributed by atoms with Gasteiger partial charge in [0.15, 0.2) is 0 Å². The number of nitrogens with zero attached hydrogens (tertiary/aromatic N) is 3. The Morgan fingerprint density at radius 1 is 1.14 bits per heavy atom. The normalized spacial score (nSPS) is 19.6. The highest BCUT2D eigenvalue weighted by molar-refractivity contribution is 5.95. The number of nitrogens with one attached hydrogen (secondary N) is 1. The molecule has 0 radical (unpaired) electrons. The molecule has 1 aromatic rings. The van der Waals surface area contributed by atoms with Gasteiger partial charge < -0.3 is 15.0 Å². The summed E-state index contributed by atoms with van der Waals surface area (Å²) in [5, 5.41) is 3.01. The Kier molecular flexibility index (Phi) is 8.94. The van der Waals surface area contributed by atoms with E-state index in [9.17, 15) is 14.4 Å². The summed E-state index contributed by atoms with van der Waals surface area (Å²) in [6, 6.07) is 5.19. The number of carbonyl (C=O) groups is 3. The summed E-state index contributed by atoms with van der Waals surface area (Å²) >= 11 is 0. The highest BCUT2D eigenvalue weighted by atomic mass is 16.5. The number of rotatable bonds is 7. The topological polar surface area (TPSA) is 82.2 Å². The molecular weight excluding hydrogens is 444 g/mol. The Morgan fingerprint density at radius 3 is 2.54 bits per heavy atom. The summed E-state index contributed by atoms with van der Waals surface area (Å²) in [5.41, 5.74) is 4.14. The molecule has 3 rings (SSSR count). The number of amides is 3. The number of likely N-dealkylation sites (N-methyl/N-ethyl adjacent to an activating group) is 1. The minimum absolute atomic E-state index is 0.192. The fourth-order valence-corrected chi connectivity index (χ4v) is 4.85. The molecule has 3 amide bonds. The summed E-state index contributed by atoms with van der Waals surface area (Å²) in [4.78, 5) is 44.5. The van der Waals surface area contributed by atoms with Gasteiger partial charge in [-0.25, -0.2) is 9.59 Å². The molecule has 8 heteroatoms. The van der Waals surface area contributed by atoms with Crippen LogP contribution in [0, 0.1) is 19.8 Å². The largest absolute Gasteiger partial charge is 0.463 e. The first-order chi connectivity index (χ1) is 16.6. The van der Waals surface area contributed by atoms with Crippen molar-refractivity contribution in [2.75, 3.05) is 46.4 Å². The van der Waals surface area contributed by atoms with Crippen molar-refractivity contribution in [1.82, 2.24) is 20.0 Å². The molecule has 0 aliphatic carbocycles. The molecule has 0 saturated carbocycles. The maximum absolute atomic E-state index is 13.2. The van der Waals surface area contributed by atoms with Gasteiger partial charge in [0.25, 0.3) is 0 Å². The molecule has 1 atom stereocenters. The number of aryl methyl sites for hydroxylation is 2. The van der Waals surface area contributed by atoms with Crippen LogP contribution in [0.25, 0.3) is 0 Å². The number of urea groups is 1. The Hall–Kier alpha value is -2.87. The lowest BCUT2D eigenvalue weighted by Crippen LogP contribution is -2.49. The Morgan fingerprint density at radius 2 is 1.89 bits per heavy atom. The van der Waals surface area contributed by atoms with Crippen LogP contribution >= 0.6 is 0 Å². The number of benzene rings is 1. The van der Waals surface area contributed by atoms with Gasteiger partial charge >= 0.3 is 12.0 Å². The maximum atomic E-state index is 13.2. The number of ether oxygens (including phenoxy) is 1. The van der Waals surface area contributed by atoms with Crippen LogP contribution in [0.15, 0.2) is 29.5 Å². The Labute approximate surface area is 209 Å². The molecule has 1 aromatic carbocycles. The number of hydrogen-bond donors (Lipinski definition) is 1. The van der Waals surface area contributed by atoms with E-state index >= 15 is 0 Å². The van der Waals surface area contributed by atoms with Crippen molar-refractivity contribution in [3.63, 3.8) is 0 Å². The smallest absolute Gasteiger partial charge is 0.338 e. The lowest BCUT2D eigenvalue weighted by atomic mass is 9.90. The lowest BCUT2D eigenvalue weighted by molar-refractivity contribution is -0.139. The van der Waals surface area contributed by atoms with Gasteiger partial charge in [-0.2, -0.15) is 0 Å². The SMILES string of the molecule is CCOC(=O)C1=C(CN2CCCN(C(=O)CC(C)C)CC2)N(C)C(=O)N[C@@H]1c1ccc(C)cc1C. The van der Waals surface area contributed by atoms with Gasteiger partial charge in [0.1, 0.15) is 0 Å². The van der Waals surface area contributed by atoms with E-state index in [1.807, 2.05) is 30.9 Å². The summed E-state index contributed by atoms with van der Waals surface area (Å²) in [6.07, 6.45) is 1.40. The second-order valence-electron chi connectivity index (χ2n) is 9.99. The van der Waals surface area contributed by atoms with E-state index in [4.69, 9.17) is 4.74 Å². The molecule has 0 unspecified atom stereocenters. The third kappa shape index (κ3) is 6.42. The van der Waals surface area contributed by atoms with Gasteiger partial charge in [-0.3, -0.25) is 14.6 Å². The van der Waals surface area contributed by atoms with Crippen LogP contribution in [0.2, 0.25) is 0 Å². The van der Waals surface area contributed by atoms with Crippen LogP contribution in [-0.2, 0) is 14.3 Å². The van der Waals surface area contributed by atoms with Crippen molar-refractivity contribution in [3.8, 4) is 0 Å². The minimum atomic E-state index is -0.579. The van der Waals surface area contributed by atoms with Crippen LogP contribution in [-0.4, -0.2) is 79.0 Å². The van der Waals surface area contributed by atoms with E-state index in [1.165, 1.54) is 4.90 Å². The van der Waals surface area contributed by atoms with E-state index in [0.29, 0.717) is 43.2 Å². The van der Waals surface area contributed by atoms with Crippen LogP contribution in [0.3, 0.4) is 0 Å². The molecule has 1 fully saturated rings. The van der Waals surface area contributed by atoms with E-state index in [1.54, 1.807) is 14.0 Å². The number of carbonyl (C=O) groups excluding carboxylic acids is 3. The van der Waals surface area contributed by atoms with Crippen LogP contribution in [0.5, 0.6) is 0 Å². The zero-order valence-corrected chi connectivity index (χ0v) is 22.0. The van der Waals surface area contributed by atoms with Crippen molar-refractivity contribution in [3.05, 3.63) is 46.2 Å². The first-order valence-electron chi connectivity index (χ1n) is 12.6. The van der Waals surface area contributed by atoms with Gasteiger partial charge in [-0.1, -0.05) is 37.6 Å². The van der Waals surface area contributed by atoms with Crippen LogP contribution < -0.4 is 5.32 Å². The molecule has 2 aliphatic rings. The predicted molar refractivity (Wildman–Crippen MR) is 136 cm³/mol. The molecule has 192 valence electrons. The number of esters is 1. The standard InChI is InChI=1S/C27H40N4O4/c1-7-35-26(33)24-22(17-30-11-8-12-31(14-13-30)23(32)15-18(2)3)29(6)27(34)28-25(24)21-10-9-19(4)16-20(21)5/h9-10,16,18,25H,7-8,11-15,17H2,1-6H3,(H,28,34)/t25-/m1/s1. The molecule has 1 N–H and O–H groups in total. The summed E-state index contributed by atoms with van der Waals surface area (Å²) < 4.78 is 5.46. The zero-order valence-electron chi connectivity index (χ0n) is 22.0.